The van der Waals surface area contributed by atoms with Crippen molar-refractivity contribution in [1.82, 2.24) is 4.90 Å². The molecule has 2 unspecified atom stereocenters. The normalized spacial score (nSPS) is 24.2. The van der Waals surface area contributed by atoms with Crippen LogP contribution in [0.4, 0.5) is 0 Å². The van der Waals surface area contributed by atoms with E-state index in [9.17, 15) is 0 Å². The lowest BCUT2D eigenvalue weighted by Crippen LogP contribution is -2.43. The Kier molecular flexibility index (Phi) is 4.63. The van der Waals surface area contributed by atoms with Crippen LogP contribution in [-0.4, -0.2) is 52.7 Å². The number of benzene rings is 1. The zero-order chi connectivity index (χ0) is 13.8. The molecule has 1 saturated heterocycles. The highest BCUT2D eigenvalue weighted by Gasteiger charge is 2.27. The third-order valence-electron chi connectivity index (χ3n) is 3.46. The van der Waals surface area contributed by atoms with Crippen molar-refractivity contribution in [3.05, 3.63) is 23.8 Å². The zero-order valence-corrected chi connectivity index (χ0v) is 11.9. The van der Waals surface area contributed by atoms with Gasteiger partial charge in [0.1, 0.15) is 0 Å². The van der Waals surface area contributed by atoms with Crippen LogP contribution in [0.3, 0.4) is 0 Å². The third kappa shape index (κ3) is 3.00. The van der Waals surface area contributed by atoms with Crippen LogP contribution in [0.15, 0.2) is 18.2 Å². The lowest BCUT2D eigenvalue weighted by Gasteiger charge is -2.36. The summed E-state index contributed by atoms with van der Waals surface area (Å²) in [5.41, 5.74) is 1.15. The minimum atomic E-state index is -0.151. The first-order chi connectivity index (χ1) is 9.19. The van der Waals surface area contributed by atoms with E-state index in [1.165, 1.54) is 0 Å². The molecule has 0 aromatic heterocycles. The summed E-state index contributed by atoms with van der Waals surface area (Å²) in [6, 6.07) is 6.16. The van der Waals surface area contributed by atoms with Crippen LogP contribution in [-0.2, 0) is 9.47 Å². The molecule has 5 heteroatoms. The van der Waals surface area contributed by atoms with Crippen molar-refractivity contribution in [2.75, 3.05) is 41.5 Å². The maximum absolute atomic E-state index is 5.66. The molecule has 1 fully saturated rings. The highest BCUT2D eigenvalue weighted by Crippen LogP contribution is 2.33. The number of morpholine rings is 1. The van der Waals surface area contributed by atoms with E-state index in [2.05, 4.69) is 11.9 Å². The fourth-order valence-corrected chi connectivity index (χ4v) is 2.29. The number of methoxy groups -OCH3 is 3. The molecule has 1 aliphatic rings. The Morgan fingerprint density at radius 2 is 1.89 bits per heavy atom. The number of hydrogen-bond acceptors (Lipinski definition) is 5. The molecule has 0 aliphatic carbocycles. The number of likely N-dealkylation sites (N-methyl/N-ethyl adjacent to an activating group) is 1. The van der Waals surface area contributed by atoms with Gasteiger partial charge in [0.05, 0.1) is 26.9 Å². The monoisotopic (exact) mass is 267 g/mol. The van der Waals surface area contributed by atoms with Gasteiger partial charge in [-0.25, -0.2) is 0 Å². The number of nitrogens with zero attached hydrogens (tertiary/aromatic N) is 1. The third-order valence-corrected chi connectivity index (χ3v) is 3.46. The largest absolute Gasteiger partial charge is 0.493 e. The van der Waals surface area contributed by atoms with Crippen LogP contribution in [0.1, 0.15) is 11.6 Å². The first kappa shape index (κ1) is 14.1. The maximum atomic E-state index is 5.66. The summed E-state index contributed by atoms with van der Waals surface area (Å²) < 4.78 is 21.5. The van der Waals surface area contributed by atoms with Gasteiger partial charge in [-0.05, 0) is 24.7 Å². The average Bonchev–Trinajstić information content (AvgIpc) is 2.46. The Bertz CT molecular complexity index is 424. The Labute approximate surface area is 114 Å². The van der Waals surface area contributed by atoms with E-state index in [1.807, 2.05) is 18.2 Å². The van der Waals surface area contributed by atoms with Gasteiger partial charge < -0.3 is 18.9 Å². The van der Waals surface area contributed by atoms with Gasteiger partial charge in [0.2, 0.25) is 0 Å². The minimum Gasteiger partial charge on any atom is -0.493 e. The smallest absolute Gasteiger partial charge is 0.169 e. The van der Waals surface area contributed by atoms with Crippen LogP contribution in [0.25, 0.3) is 0 Å². The van der Waals surface area contributed by atoms with E-state index >= 15 is 0 Å². The van der Waals surface area contributed by atoms with Crippen LogP contribution < -0.4 is 9.47 Å². The van der Waals surface area contributed by atoms with Crippen molar-refractivity contribution >= 4 is 0 Å². The van der Waals surface area contributed by atoms with Gasteiger partial charge in [-0.1, -0.05) is 6.07 Å². The molecule has 1 aliphatic heterocycles. The van der Waals surface area contributed by atoms with E-state index in [0.717, 1.165) is 23.6 Å². The van der Waals surface area contributed by atoms with Crippen molar-refractivity contribution in [3.8, 4) is 11.5 Å². The van der Waals surface area contributed by atoms with Crippen molar-refractivity contribution in [2.24, 2.45) is 0 Å². The average molecular weight is 267 g/mol. The quantitative estimate of drug-likeness (QED) is 0.830. The highest BCUT2D eigenvalue weighted by atomic mass is 16.7. The van der Waals surface area contributed by atoms with Gasteiger partial charge in [0.25, 0.3) is 0 Å². The van der Waals surface area contributed by atoms with E-state index < -0.39 is 0 Å². The van der Waals surface area contributed by atoms with Crippen molar-refractivity contribution < 1.29 is 18.9 Å². The lowest BCUT2D eigenvalue weighted by molar-refractivity contribution is -0.178. The molecule has 1 aromatic rings. The molecule has 19 heavy (non-hydrogen) atoms. The topological polar surface area (TPSA) is 40.2 Å². The molecule has 0 saturated carbocycles. The standard InChI is InChI=1S/C14H21NO4/c1-15-8-14(18-4)19-9-11(15)10-5-6-12(16-2)13(7-10)17-3/h5-7,11,14H,8-9H2,1-4H3. The first-order valence-electron chi connectivity index (χ1n) is 6.26. The molecule has 0 N–H and O–H groups in total. The Morgan fingerprint density at radius 3 is 2.47 bits per heavy atom. The Hall–Kier alpha value is -1.30. The second-order valence-electron chi connectivity index (χ2n) is 4.57. The van der Waals surface area contributed by atoms with Crippen molar-refractivity contribution in [2.45, 2.75) is 12.3 Å². The van der Waals surface area contributed by atoms with Crippen LogP contribution >= 0.6 is 0 Å². The fourth-order valence-electron chi connectivity index (χ4n) is 2.29. The molecule has 0 bridgehead atoms. The van der Waals surface area contributed by atoms with Gasteiger partial charge >= 0.3 is 0 Å². The summed E-state index contributed by atoms with van der Waals surface area (Å²) in [6.45, 7) is 1.35. The second-order valence-corrected chi connectivity index (χ2v) is 4.57. The molecule has 2 atom stereocenters. The summed E-state index contributed by atoms with van der Waals surface area (Å²) >= 11 is 0. The van der Waals surface area contributed by atoms with E-state index in [-0.39, 0.29) is 12.3 Å². The second kappa shape index (κ2) is 6.23. The SMILES string of the molecule is COc1ccc(C2COC(OC)CN2C)cc1OC. The molecule has 5 nitrogen and oxygen atoms in total. The molecule has 2 rings (SSSR count). The van der Waals surface area contributed by atoms with E-state index in [0.29, 0.717) is 6.61 Å². The van der Waals surface area contributed by atoms with E-state index in [4.69, 9.17) is 18.9 Å². The van der Waals surface area contributed by atoms with Gasteiger partial charge in [-0.2, -0.15) is 0 Å². The predicted octanol–water partition coefficient (Wildman–Crippen LogP) is 1.68. The zero-order valence-electron chi connectivity index (χ0n) is 11.9. The van der Waals surface area contributed by atoms with Crippen LogP contribution in [0, 0.1) is 0 Å². The molecule has 1 aromatic carbocycles. The van der Waals surface area contributed by atoms with E-state index in [1.54, 1.807) is 21.3 Å². The molecular formula is C14H21NO4. The molecule has 1 heterocycles. The van der Waals surface area contributed by atoms with Crippen LogP contribution in [0.2, 0.25) is 0 Å². The molecule has 0 spiro atoms. The molecule has 0 radical (unpaired) electrons. The molecule has 106 valence electrons. The lowest BCUT2D eigenvalue weighted by atomic mass is 10.0. The Morgan fingerprint density at radius 1 is 1.16 bits per heavy atom. The highest BCUT2D eigenvalue weighted by molar-refractivity contribution is 5.43. The van der Waals surface area contributed by atoms with Gasteiger partial charge in [-0.3, -0.25) is 4.90 Å². The molecule has 0 amide bonds. The summed E-state index contributed by atoms with van der Waals surface area (Å²) in [5.74, 6) is 1.47. The number of rotatable bonds is 4. The summed E-state index contributed by atoms with van der Waals surface area (Å²) in [5, 5.41) is 0. The maximum Gasteiger partial charge on any atom is 0.169 e. The van der Waals surface area contributed by atoms with Crippen molar-refractivity contribution in [3.63, 3.8) is 0 Å². The van der Waals surface area contributed by atoms with Gasteiger partial charge in [-0.15, -0.1) is 0 Å². The van der Waals surface area contributed by atoms with Gasteiger partial charge in [0, 0.05) is 13.7 Å². The van der Waals surface area contributed by atoms with Gasteiger partial charge in [0.15, 0.2) is 17.8 Å². The minimum absolute atomic E-state index is 0.151. The van der Waals surface area contributed by atoms with Crippen LogP contribution in [0.5, 0.6) is 11.5 Å². The summed E-state index contributed by atoms with van der Waals surface area (Å²) in [6.07, 6.45) is -0.151. The molecular weight excluding hydrogens is 246 g/mol. The first-order valence-corrected chi connectivity index (χ1v) is 6.26. The Balaban J connectivity index is 2.18. The fraction of sp³-hybridized carbons (Fsp3) is 0.571. The summed E-state index contributed by atoms with van der Waals surface area (Å²) in [7, 11) is 7.01. The summed E-state index contributed by atoms with van der Waals surface area (Å²) in [4.78, 5) is 2.22. The number of hydrogen-bond donors (Lipinski definition) is 0. The number of ether oxygens (including phenoxy) is 4. The van der Waals surface area contributed by atoms with Crippen molar-refractivity contribution in [1.29, 1.82) is 0 Å². The predicted molar refractivity (Wildman–Crippen MR) is 71.7 cm³/mol.